The maximum absolute atomic E-state index is 4.35. The monoisotopic (exact) mass is 255 g/mol. The number of hydrogen-bond acceptors (Lipinski definition) is 4. The summed E-state index contributed by atoms with van der Waals surface area (Å²) in [6.45, 7) is 7.62. The smallest absolute Gasteiger partial charge is 0.0795 e. The van der Waals surface area contributed by atoms with Crippen molar-refractivity contribution in [2.24, 2.45) is 0 Å². The molecule has 0 saturated carbocycles. The molecule has 0 spiro atoms. The maximum Gasteiger partial charge on any atom is 0.0795 e. The second-order valence-electron chi connectivity index (χ2n) is 4.54. The lowest BCUT2D eigenvalue weighted by atomic mass is 10.1. The first kappa shape index (κ1) is 14.6. The zero-order valence-corrected chi connectivity index (χ0v) is 12.1. The predicted octanol–water partition coefficient (Wildman–Crippen LogP) is 2.74. The lowest BCUT2D eigenvalue weighted by Gasteiger charge is -2.27. The van der Waals surface area contributed by atoms with E-state index in [1.54, 1.807) is 11.3 Å². The number of aromatic nitrogens is 1. The Morgan fingerprint density at radius 2 is 2.24 bits per heavy atom. The van der Waals surface area contributed by atoms with E-state index in [-0.39, 0.29) is 0 Å². The number of likely N-dealkylation sites (N-methyl/N-ethyl adjacent to an activating group) is 1. The van der Waals surface area contributed by atoms with Crippen LogP contribution in [0.3, 0.4) is 0 Å². The molecule has 17 heavy (non-hydrogen) atoms. The first-order chi connectivity index (χ1) is 8.27. The van der Waals surface area contributed by atoms with E-state index in [0.29, 0.717) is 6.04 Å². The molecule has 0 aromatic carbocycles. The van der Waals surface area contributed by atoms with Crippen molar-refractivity contribution >= 4 is 11.3 Å². The van der Waals surface area contributed by atoms with E-state index in [9.17, 15) is 0 Å². The summed E-state index contributed by atoms with van der Waals surface area (Å²) < 4.78 is 0. The molecular weight excluding hydrogens is 230 g/mol. The Labute approximate surface area is 109 Å². The Balaban J connectivity index is 2.39. The molecule has 0 radical (unpaired) electrons. The summed E-state index contributed by atoms with van der Waals surface area (Å²) in [5, 5.41) is 5.66. The summed E-state index contributed by atoms with van der Waals surface area (Å²) in [5.41, 5.74) is 3.10. The van der Waals surface area contributed by atoms with Gasteiger partial charge in [0, 0.05) is 24.5 Å². The highest BCUT2D eigenvalue weighted by atomic mass is 32.1. The third-order valence-corrected chi connectivity index (χ3v) is 3.58. The van der Waals surface area contributed by atoms with Gasteiger partial charge in [-0.3, -0.25) is 4.90 Å². The van der Waals surface area contributed by atoms with Crippen LogP contribution in [0.2, 0.25) is 0 Å². The number of hydrogen-bond donors (Lipinski definition) is 1. The van der Waals surface area contributed by atoms with E-state index in [0.717, 1.165) is 19.6 Å². The zero-order chi connectivity index (χ0) is 12.5. The lowest BCUT2D eigenvalue weighted by molar-refractivity contribution is 0.213. The van der Waals surface area contributed by atoms with Crippen LogP contribution in [0.4, 0.5) is 0 Å². The molecule has 0 saturated heterocycles. The summed E-state index contributed by atoms with van der Waals surface area (Å²) in [7, 11) is 2.20. The molecule has 1 rings (SSSR count). The normalized spacial score (nSPS) is 13.2. The van der Waals surface area contributed by atoms with Gasteiger partial charge in [0.1, 0.15) is 0 Å². The van der Waals surface area contributed by atoms with Gasteiger partial charge in [-0.2, -0.15) is 0 Å². The van der Waals surface area contributed by atoms with Gasteiger partial charge in [0.05, 0.1) is 11.2 Å². The van der Waals surface area contributed by atoms with Gasteiger partial charge >= 0.3 is 0 Å². The van der Waals surface area contributed by atoms with E-state index in [1.165, 1.54) is 25.0 Å². The van der Waals surface area contributed by atoms with Crippen LogP contribution in [0.5, 0.6) is 0 Å². The van der Waals surface area contributed by atoms with E-state index in [4.69, 9.17) is 0 Å². The standard InChI is InChI=1S/C13H25N3S/c1-4-6-13(8-14-7-5-2)16(3)9-12-10-17-11-15-12/h10-11,13-14H,4-9H2,1-3H3. The van der Waals surface area contributed by atoms with Gasteiger partial charge in [0.25, 0.3) is 0 Å². The zero-order valence-electron chi connectivity index (χ0n) is 11.3. The average Bonchev–Trinajstić information content (AvgIpc) is 2.81. The Morgan fingerprint density at radius 3 is 2.82 bits per heavy atom. The van der Waals surface area contributed by atoms with Crippen LogP contribution >= 0.6 is 11.3 Å². The topological polar surface area (TPSA) is 28.2 Å². The van der Waals surface area contributed by atoms with Gasteiger partial charge < -0.3 is 5.32 Å². The summed E-state index contributed by atoms with van der Waals surface area (Å²) in [4.78, 5) is 6.77. The first-order valence-corrected chi connectivity index (χ1v) is 7.50. The molecule has 0 aliphatic heterocycles. The molecule has 0 fully saturated rings. The van der Waals surface area contributed by atoms with Gasteiger partial charge in [-0.05, 0) is 26.4 Å². The van der Waals surface area contributed by atoms with E-state index < -0.39 is 0 Å². The molecule has 0 aliphatic rings. The van der Waals surface area contributed by atoms with Crippen LogP contribution in [-0.4, -0.2) is 36.1 Å². The quantitative estimate of drug-likeness (QED) is 0.688. The highest BCUT2D eigenvalue weighted by Crippen LogP contribution is 2.10. The lowest BCUT2D eigenvalue weighted by Crippen LogP contribution is -2.40. The van der Waals surface area contributed by atoms with Gasteiger partial charge in [0.2, 0.25) is 0 Å². The SMILES string of the molecule is CCCNCC(CCC)N(C)Cc1cscn1. The molecule has 98 valence electrons. The number of rotatable bonds is 9. The first-order valence-electron chi connectivity index (χ1n) is 6.55. The van der Waals surface area contributed by atoms with E-state index in [1.807, 2.05) is 5.51 Å². The van der Waals surface area contributed by atoms with Gasteiger partial charge in [-0.1, -0.05) is 20.3 Å². The molecule has 4 heteroatoms. The Morgan fingerprint density at radius 1 is 1.41 bits per heavy atom. The van der Waals surface area contributed by atoms with Gasteiger partial charge in [-0.15, -0.1) is 11.3 Å². The van der Waals surface area contributed by atoms with Crippen molar-refractivity contribution < 1.29 is 0 Å². The number of nitrogens with zero attached hydrogens (tertiary/aromatic N) is 2. The molecule has 1 aromatic heterocycles. The molecule has 0 amide bonds. The Bertz CT molecular complexity index is 274. The summed E-state index contributed by atoms with van der Waals surface area (Å²) in [5.74, 6) is 0. The third kappa shape index (κ3) is 5.61. The van der Waals surface area contributed by atoms with Crippen molar-refractivity contribution in [1.82, 2.24) is 15.2 Å². The fourth-order valence-corrected chi connectivity index (χ4v) is 2.51. The Kier molecular flexibility index (Phi) is 7.40. The number of nitrogens with one attached hydrogen (secondary N) is 1. The van der Waals surface area contributed by atoms with Crippen LogP contribution in [0.15, 0.2) is 10.9 Å². The van der Waals surface area contributed by atoms with Crippen molar-refractivity contribution in [3.05, 3.63) is 16.6 Å². The minimum Gasteiger partial charge on any atom is -0.315 e. The average molecular weight is 255 g/mol. The fraction of sp³-hybridized carbons (Fsp3) is 0.769. The van der Waals surface area contributed by atoms with Crippen LogP contribution in [0.1, 0.15) is 38.8 Å². The van der Waals surface area contributed by atoms with Crippen LogP contribution in [0, 0.1) is 0 Å². The van der Waals surface area contributed by atoms with Crippen molar-refractivity contribution in [2.45, 2.75) is 45.7 Å². The van der Waals surface area contributed by atoms with Crippen LogP contribution in [0.25, 0.3) is 0 Å². The second kappa shape index (κ2) is 8.61. The second-order valence-corrected chi connectivity index (χ2v) is 5.26. The van der Waals surface area contributed by atoms with Crippen molar-refractivity contribution in [3.8, 4) is 0 Å². The highest BCUT2D eigenvalue weighted by molar-refractivity contribution is 7.07. The molecule has 0 aliphatic carbocycles. The molecule has 1 N–H and O–H groups in total. The Hall–Kier alpha value is -0.450. The largest absolute Gasteiger partial charge is 0.315 e. The van der Waals surface area contributed by atoms with Gasteiger partial charge in [-0.25, -0.2) is 4.98 Å². The summed E-state index contributed by atoms with van der Waals surface area (Å²) >= 11 is 1.67. The minimum absolute atomic E-state index is 0.619. The molecule has 1 unspecified atom stereocenters. The van der Waals surface area contributed by atoms with E-state index >= 15 is 0 Å². The van der Waals surface area contributed by atoms with Crippen LogP contribution in [-0.2, 0) is 6.54 Å². The number of thiazole rings is 1. The molecule has 0 bridgehead atoms. The molecule has 1 atom stereocenters. The third-order valence-electron chi connectivity index (χ3n) is 2.95. The summed E-state index contributed by atoms with van der Waals surface area (Å²) in [6.07, 6.45) is 3.69. The predicted molar refractivity (Wildman–Crippen MR) is 75.4 cm³/mol. The van der Waals surface area contributed by atoms with E-state index in [2.05, 4.69) is 41.5 Å². The molecule has 3 nitrogen and oxygen atoms in total. The van der Waals surface area contributed by atoms with Crippen molar-refractivity contribution in [3.63, 3.8) is 0 Å². The fourth-order valence-electron chi connectivity index (χ4n) is 1.96. The molecular formula is C13H25N3S. The molecule has 1 aromatic rings. The summed E-state index contributed by atoms with van der Waals surface area (Å²) in [6, 6.07) is 0.619. The van der Waals surface area contributed by atoms with Crippen molar-refractivity contribution in [1.29, 1.82) is 0 Å². The molecule has 1 heterocycles. The minimum atomic E-state index is 0.619. The van der Waals surface area contributed by atoms with Crippen LogP contribution < -0.4 is 5.32 Å². The van der Waals surface area contributed by atoms with Crippen molar-refractivity contribution in [2.75, 3.05) is 20.1 Å². The maximum atomic E-state index is 4.35. The van der Waals surface area contributed by atoms with Gasteiger partial charge in [0.15, 0.2) is 0 Å². The highest BCUT2D eigenvalue weighted by Gasteiger charge is 2.14.